The lowest BCUT2D eigenvalue weighted by molar-refractivity contribution is -0.130. The van der Waals surface area contributed by atoms with Crippen LogP contribution in [0.4, 0.5) is 5.69 Å². The van der Waals surface area contributed by atoms with Crippen molar-refractivity contribution in [3.63, 3.8) is 0 Å². The highest BCUT2D eigenvalue weighted by Gasteiger charge is 2.27. The van der Waals surface area contributed by atoms with Gasteiger partial charge in [-0.15, -0.1) is 0 Å². The highest BCUT2D eigenvalue weighted by molar-refractivity contribution is 7.92. The van der Waals surface area contributed by atoms with Gasteiger partial charge in [-0.3, -0.25) is 9.10 Å². The van der Waals surface area contributed by atoms with Crippen molar-refractivity contribution >= 4 is 21.6 Å². The minimum atomic E-state index is -3.52. The number of nitrogens with zero attached hydrogens (tertiary/aromatic N) is 2. The highest BCUT2D eigenvalue weighted by atomic mass is 32.2. The number of hydrogen-bond donors (Lipinski definition) is 0. The molecule has 1 heterocycles. The van der Waals surface area contributed by atoms with Crippen LogP contribution < -0.4 is 4.31 Å². The zero-order chi connectivity index (χ0) is 17.2. The molecule has 128 valence electrons. The van der Waals surface area contributed by atoms with Crippen LogP contribution in [0, 0.1) is 19.8 Å². The number of hydrogen-bond acceptors (Lipinski definition) is 3. The second-order valence-corrected chi connectivity index (χ2v) is 8.48. The number of aryl methyl sites for hydroxylation is 2. The molecule has 1 amide bonds. The number of likely N-dealkylation sites (tertiary alicyclic amines) is 1. The van der Waals surface area contributed by atoms with Crippen LogP contribution >= 0.6 is 0 Å². The molecule has 5 nitrogen and oxygen atoms in total. The summed E-state index contributed by atoms with van der Waals surface area (Å²) in [4.78, 5) is 14.4. The Kier molecular flexibility index (Phi) is 5.34. The molecule has 0 unspecified atom stereocenters. The lowest BCUT2D eigenvalue weighted by atomic mass is 9.99. The number of carbonyl (C=O) groups is 1. The van der Waals surface area contributed by atoms with E-state index in [1.807, 2.05) is 32.0 Å². The van der Waals surface area contributed by atoms with Crippen LogP contribution in [0.5, 0.6) is 0 Å². The van der Waals surface area contributed by atoms with E-state index in [0.717, 1.165) is 30.2 Å². The van der Waals surface area contributed by atoms with Crippen LogP contribution in [0.15, 0.2) is 18.2 Å². The van der Waals surface area contributed by atoms with E-state index >= 15 is 0 Å². The van der Waals surface area contributed by atoms with Gasteiger partial charge >= 0.3 is 0 Å². The molecule has 1 aromatic carbocycles. The van der Waals surface area contributed by atoms with Gasteiger partial charge in [0.2, 0.25) is 15.9 Å². The number of amides is 1. The fourth-order valence-electron chi connectivity index (χ4n) is 3.04. The Labute approximate surface area is 139 Å². The molecular formula is C17H26N2O3S. The van der Waals surface area contributed by atoms with E-state index in [0.29, 0.717) is 24.7 Å². The summed E-state index contributed by atoms with van der Waals surface area (Å²) < 4.78 is 25.8. The first-order chi connectivity index (χ1) is 10.7. The van der Waals surface area contributed by atoms with E-state index < -0.39 is 10.0 Å². The molecule has 1 aliphatic heterocycles. The molecule has 6 heteroatoms. The fourth-order valence-corrected chi connectivity index (χ4v) is 4.01. The zero-order valence-electron chi connectivity index (χ0n) is 14.4. The van der Waals surface area contributed by atoms with Crippen molar-refractivity contribution in [1.29, 1.82) is 0 Å². The van der Waals surface area contributed by atoms with Crippen LogP contribution in [0.1, 0.15) is 30.9 Å². The van der Waals surface area contributed by atoms with Gasteiger partial charge in [-0.2, -0.15) is 0 Å². The number of anilines is 1. The average molecular weight is 338 g/mol. The summed E-state index contributed by atoms with van der Waals surface area (Å²) in [5, 5.41) is 0. The molecule has 0 N–H and O–H groups in total. The van der Waals surface area contributed by atoms with E-state index in [1.54, 1.807) is 4.90 Å². The first-order valence-corrected chi connectivity index (χ1v) is 9.86. The van der Waals surface area contributed by atoms with Crippen LogP contribution in [-0.2, 0) is 14.8 Å². The lowest BCUT2D eigenvalue weighted by Crippen LogP contribution is -2.45. The van der Waals surface area contributed by atoms with Gasteiger partial charge in [0.05, 0.1) is 11.9 Å². The Morgan fingerprint density at radius 2 is 1.74 bits per heavy atom. The number of sulfonamides is 1. The second kappa shape index (κ2) is 6.91. The standard InChI is InChI=1S/C17H26N2O3S/c1-13-8-10-18(11-9-13)16(20)12-19(23(4,21)22)17-14(2)6-5-7-15(17)3/h5-7,13H,8-12H2,1-4H3. The summed E-state index contributed by atoms with van der Waals surface area (Å²) in [5.74, 6) is 0.508. The van der Waals surface area contributed by atoms with E-state index in [-0.39, 0.29) is 12.5 Å². The highest BCUT2D eigenvalue weighted by Crippen LogP contribution is 2.27. The van der Waals surface area contributed by atoms with Crippen molar-refractivity contribution in [2.24, 2.45) is 5.92 Å². The van der Waals surface area contributed by atoms with Crippen molar-refractivity contribution in [1.82, 2.24) is 4.90 Å². The van der Waals surface area contributed by atoms with Gasteiger partial charge in [0.1, 0.15) is 6.54 Å². The first-order valence-electron chi connectivity index (χ1n) is 8.02. The van der Waals surface area contributed by atoms with Gasteiger partial charge in [0.25, 0.3) is 0 Å². The molecule has 23 heavy (non-hydrogen) atoms. The summed E-state index contributed by atoms with van der Waals surface area (Å²) in [6.07, 6.45) is 3.12. The van der Waals surface area contributed by atoms with Gasteiger partial charge in [-0.05, 0) is 43.7 Å². The summed E-state index contributed by atoms with van der Waals surface area (Å²) >= 11 is 0. The Balaban J connectivity index is 2.26. The predicted octanol–water partition coefficient (Wildman–Crippen LogP) is 2.33. The number of rotatable bonds is 4. The van der Waals surface area contributed by atoms with Crippen LogP contribution in [0.2, 0.25) is 0 Å². The maximum absolute atomic E-state index is 12.6. The smallest absolute Gasteiger partial charge is 0.243 e. The first kappa shape index (κ1) is 17.8. The molecule has 1 aliphatic rings. The summed E-state index contributed by atoms with van der Waals surface area (Å²) in [6, 6.07) is 5.63. The van der Waals surface area contributed by atoms with E-state index in [1.165, 1.54) is 4.31 Å². The Morgan fingerprint density at radius 3 is 2.22 bits per heavy atom. The van der Waals surface area contributed by atoms with Crippen molar-refractivity contribution in [2.75, 3.05) is 30.2 Å². The molecule has 0 aromatic heterocycles. The molecule has 1 aromatic rings. The molecular weight excluding hydrogens is 312 g/mol. The van der Waals surface area contributed by atoms with Gasteiger partial charge in [-0.1, -0.05) is 25.1 Å². The fraction of sp³-hybridized carbons (Fsp3) is 0.588. The van der Waals surface area contributed by atoms with Crippen LogP contribution in [0.3, 0.4) is 0 Å². The molecule has 0 spiro atoms. The van der Waals surface area contributed by atoms with E-state index in [4.69, 9.17) is 0 Å². The lowest BCUT2D eigenvalue weighted by Gasteiger charge is -2.33. The minimum Gasteiger partial charge on any atom is -0.341 e. The number of carbonyl (C=O) groups excluding carboxylic acids is 1. The second-order valence-electron chi connectivity index (χ2n) is 6.57. The van der Waals surface area contributed by atoms with Crippen molar-refractivity contribution in [2.45, 2.75) is 33.6 Å². The Hall–Kier alpha value is -1.56. The normalized spacial score (nSPS) is 16.4. The van der Waals surface area contributed by atoms with Gasteiger partial charge in [0.15, 0.2) is 0 Å². The maximum Gasteiger partial charge on any atom is 0.243 e. The summed E-state index contributed by atoms with van der Waals surface area (Å²) in [7, 11) is -3.52. The maximum atomic E-state index is 12.6. The SMILES string of the molecule is Cc1cccc(C)c1N(CC(=O)N1CCC(C)CC1)S(C)(=O)=O. The average Bonchev–Trinajstić information content (AvgIpc) is 2.45. The summed E-state index contributed by atoms with van der Waals surface area (Å²) in [5.41, 5.74) is 2.33. The molecule has 0 radical (unpaired) electrons. The monoisotopic (exact) mass is 338 g/mol. The van der Waals surface area contributed by atoms with Crippen molar-refractivity contribution in [3.05, 3.63) is 29.3 Å². The van der Waals surface area contributed by atoms with Crippen LogP contribution in [0.25, 0.3) is 0 Å². The quantitative estimate of drug-likeness (QED) is 0.846. The molecule has 0 bridgehead atoms. The van der Waals surface area contributed by atoms with E-state index in [2.05, 4.69) is 6.92 Å². The Morgan fingerprint density at radius 1 is 1.22 bits per heavy atom. The molecule has 1 saturated heterocycles. The van der Waals surface area contributed by atoms with Crippen molar-refractivity contribution < 1.29 is 13.2 Å². The van der Waals surface area contributed by atoms with Crippen LogP contribution in [-0.4, -0.2) is 45.1 Å². The number of piperidine rings is 1. The van der Waals surface area contributed by atoms with Gasteiger partial charge in [0, 0.05) is 13.1 Å². The van der Waals surface area contributed by atoms with E-state index in [9.17, 15) is 13.2 Å². The third kappa shape index (κ3) is 4.25. The third-order valence-electron chi connectivity index (χ3n) is 4.50. The summed E-state index contributed by atoms with van der Waals surface area (Å²) in [6.45, 7) is 7.22. The predicted molar refractivity (Wildman–Crippen MR) is 93.1 cm³/mol. The largest absolute Gasteiger partial charge is 0.341 e. The molecule has 1 fully saturated rings. The molecule has 2 rings (SSSR count). The van der Waals surface area contributed by atoms with Crippen molar-refractivity contribution in [3.8, 4) is 0 Å². The Bertz CT molecular complexity index is 657. The van der Waals surface area contributed by atoms with Gasteiger partial charge < -0.3 is 4.90 Å². The molecule has 0 aliphatic carbocycles. The third-order valence-corrected chi connectivity index (χ3v) is 5.62. The molecule has 0 saturated carbocycles. The number of benzene rings is 1. The topological polar surface area (TPSA) is 57.7 Å². The zero-order valence-corrected chi connectivity index (χ0v) is 15.2. The minimum absolute atomic E-state index is 0.120. The molecule has 0 atom stereocenters. The van der Waals surface area contributed by atoms with Gasteiger partial charge in [-0.25, -0.2) is 8.42 Å². The number of para-hydroxylation sites is 1.